The molecule has 0 bridgehead atoms. The van der Waals surface area contributed by atoms with Crippen molar-refractivity contribution in [3.8, 4) is 0 Å². The number of carbonyl (C=O) groups excluding carboxylic acids is 1. The van der Waals surface area contributed by atoms with Gasteiger partial charge >= 0.3 is 18.2 Å². The van der Waals surface area contributed by atoms with Crippen molar-refractivity contribution in [2.24, 2.45) is 11.3 Å². The lowest BCUT2D eigenvalue weighted by Crippen LogP contribution is -2.46. The largest absolute Gasteiger partial charge is 0.481 e. The van der Waals surface area contributed by atoms with E-state index in [9.17, 15) is 27.9 Å². The van der Waals surface area contributed by atoms with Crippen molar-refractivity contribution < 1.29 is 27.9 Å². The molecule has 0 aliphatic carbocycles. The summed E-state index contributed by atoms with van der Waals surface area (Å²) in [6, 6.07) is -1.69. The smallest absolute Gasteiger partial charge is 0.391 e. The van der Waals surface area contributed by atoms with E-state index in [1.54, 1.807) is 13.8 Å². The van der Waals surface area contributed by atoms with Crippen LogP contribution in [-0.4, -0.2) is 47.3 Å². The van der Waals surface area contributed by atoms with Crippen LogP contribution in [0.4, 0.5) is 18.0 Å². The molecule has 0 aromatic heterocycles. The summed E-state index contributed by atoms with van der Waals surface area (Å²) in [6.45, 7) is 5.05. The molecule has 1 aliphatic heterocycles. The van der Waals surface area contributed by atoms with Gasteiger partial charge < -0.3 is 15.3 Å². The molecule has 0 aromatic carbocycles. The van der Waals surface area contributed by atoms with Crippen LogP contribution in [0.3, 0.4) is 0 Å². The van der Waals surface area contributed by atoms with Crippen LogP contribution in [0.1, 0.15) is 33.6 Å². The van der Waals surface area contributed by atoms with Crippen LogP contribution in [0.2, 0.25) is 0 Å². The van der Waals surface area contributed by atoms with Crippen molar-refractivity contribution >= 4 is 12.0 Å². The number of aliphatic carboxylic acids is 1. The maximum absolute atomic E-state index is 12.2. The second-order valence-corrected chi connectivity index (χ2v) is 5.96. The monoisotopic (exact) mass is 310 g/mol. The zero-order valence-corrected chi connectivity index (χ0v) is 12.3. The minimum atomic E-state index is -4.35. The first-order chi connectivity index (χ1) is 9.48. The summed E-state index contributed by atoms with van der Waals surface area (Å²) in [5.41, 5.74) is -1.02. The Labute approximate surface area is 121 Å². The van der Waals surface area contributed by atoms with Gasteiger partial charge in [0.1, 0.15) is 0 Å². The van der Waals surface area contributed by atoms with Gasteiger partial charge in [-0.05, 0) is 19.3 Å². The number of nitrogens with one attached hydrogen (secondary N) is 1. The summed E-state index contributed by atoms with van der Waals surface area (Å²) < 4.78 is 36.7. The molecule has 2 N–H and O–H groups in total. The van der Waals surface area contributed by atoms with Crippen LogP contribution in [0.25, 0.3) is 0 Å². The lowest BCUT2D eigenvalue weighted by Gasteiger charge is -2.29. The molecule has 1 aliphatic rings. The number of nitrogens with zero attached hydrogens (tertiary/aromatic N) is 1. The van der Waals surface area contributed by atoms with E-state index in [1.165, 1.54) is 11.8 Å². The Kier molecular flexibility index (Phi) is 5.11. The summed E-state index contributed by atoms with van der Waals surface area (Å²) in [6.07, 6.45) is -5.15. The highest BCUT2D eigenvalue weighted by molar-refractivity contribution is 5.80. The molecule has 2 amide bonds. The second kappa shape index (κ2) is 6.11. The fourth-order valence-corrected chi connectivity index (χ4v) is 2.60. The zero-order valence-electron chi connectivity index (χ0n) is 12.3. The normalized spacial score (nSPS) is 24.2. The third kappa shape index (κ3) is 4.25. The first-order valence-electron chi connectivity index (χ1n) is 6.83. The number of urea groups is 1. The summed E-state index contributed by atoms with van der Waals surface area (Å²) in [4.78, 5) is 24.6. The number of hydrogen-bond acceptors (Lipinski definition) is 2. The number of carboxylic acid groups (broad SMARTS) is 1. The van der Waals surface area contributed by atoms with Crippen molar-refractivity contribution in [2.75, 3.05) is 13.1 Å². The van der Waals surface area contributed by atoms with Crippen molar-refractivity contribution in [1.82, 2.24) is 10.2 Å². The van der Waals surface area contributed by atoms with Crippen LogP contribution in [-0.2, 0) is 4.79 Å². The van der Waals surface area contributed by atoms with Crippen LogP contribution in [0, 0.1) is 11.3 Å². The molecule has 21 heavy (non-hydrogen) atoms. The first-order valence-corrected chi connectivity index (χ1v) is 6.83. The number of alkyl halides is 3. The average molecular weight is 310 g/mol. The van der Waals surface area contributed by atoms with Crippen LogP contribution >= 0.6 is 0 Å². The summed E-state index contributed by atoms with van der Waals surface area (Å²) in [5.74, 6) is -1.14. The number of carbonyl (C=O) groups is 2. The molecule has 5 nitrogen and oxygen atoms in total. The number of likely N-dealkylation sites (tertiary alicyclic amines) is 1. The maximum atomic E-state index is 12.2. The van der Waals surface area contributed by atoms with Crippen molar-refractivity contribution in [1.29, 1.82) is 0 Å². The van der Waals surface area contributed by atoms with E-state index < -0.39 is 36.1 Å². The van der Waals surface area contributed by atoms with Gasteiger partial charge in [0.15, 0.2) is 0 Å². The van der Waals surface area contributed by atoms with E-state index in [1.807, 2.05) is 0 Å². The Morgan fingerprint density at radius 3 is 2.29 bits per heavy atom. The lowest BCUT2D eigenvalue weighted by atomic mass is 9.76. The van der Waals surface area contributed by atoms with Crippen molar-refractivity contribution in [2.45, 2.75) is 45.8 Å². The van der Waals surface area contributed by atoms with E-state index in [4.69, 9.17) is 0 Å². The van der Waals surface area contributed by atoms with Gasteiger partial charge in [-0.3, -0.25) is 4.79 Å². The van der Waals surface area contributed by atoms with E-state index >= 15 is 0 Å². The van der Waals surface area contributed by atoms with E-state index in [0.29, 0.717) is 6.42 Å². The zero-order chi connectivity index (χ0) is 16.4. The summed E-state index contributed by atoms with van der Waals surface area (Å²) in [5, 5.41) is 11.6. The van der Waals surface area contributed by atoms with Gasteiger partial charge in [0.05, 0.1) is 11.8 Å². The average Bonchev–Trinajstić information content (AvgIpc) is 2.71. The van der Waals surface area contributed by atoms with E-state index in [0.717, 1.165) is 0 Å². The minimum absolute atomic E-state index is 0.0184. The number of hydrogen-bond donors (Lipinski definition) is 2. The fraction of sp³-hybridized carbons (Fsp3) is 0.846. The second-order valence-electron chi connectivity index (χ2n) is 5.96. The molecule has 122 valence electrons. The molecule has 1 saturated heterocycles. The molecule has 1 fully saturated rings. The third-order valence-electron chi connectivity index (χ3n) is 4.03. The molecule has 1 heterocycles. The molecule has 0 saturated carbocycles. The first kappa shape index (κ1) is 17.6. The molecule has 2 unspecified atom stereocenters. The molecular formula is C13H21F3N2O3. The van der Waals surface area contributed by atoms with E-state index in [2.05, 4.69) is 5.32 Å². The number of carboxylic acids is 1. The molecule has 1 rings (SSSR count). The van der Waals surface area contributed by atoms with Crippen LogP contribution in [0.5, 0.6) is 0 Å². The predicted molar refractivity (Wildman–Crippen MR) is 69.8 cm³/mol. The quantitative estimate of drug-likeness (QED) is 0.838. The Morgan fingerprint density at radius 2 is 1.90 bits per heavy atom. The Morgan fingerprint density at radius 1 is 1.33 bits per heavy atom. The summed E-state index contributed by atoms with van der Waals surface area (Å²) >= 11 is 0. The molecule has 0 aromatic rings. The van der Waals surface area contributed by atoms with E-state index in [-0.39, 0.29) is 19.0 Å². The molecule has 0 spiro atoms. The van der Waals surface area contributed by atoms with Gasteiger partial charge in [0.2, 0.25) is 0 Å². The predicted octanol–water partition coefficient (Wildman–Crippen LogP) is 2.47. The molecular weight excluding hydrogens is 289 g/mol. The topological polar surface area (TPSA) is 69.6 Å². The number of rotatable bonds is 4. The van der Waals surface area contributed by atoms with Gasteiger partial charge in [-0.2, -0.15) is 13.2 Å². The lowest BCUT2D eigenvalue weighted by molar-refractivity contribution is -0.150. The third-order valence-corrected chi connectivity index (χ3v) is 4.03. The van der Waals surface area contributed by atoms with Gasteiger partial charge in [-0.1, -0.05) is 13.8 Å². The highest BCUT2D eigenvalue weighted by Gasteiger charge is 2.48. The highest BCUT2D eigenvalue weighted by atomic mass is 19.4. The van der Waals surface area contributed by atoms with Gasteiger partial charge in [-0.15, -0.1) is 0 Å². The SMILES string of the molecule is CC(CC(F)(F)F)NC(=O)N1CCC(C(=O)O)(C(C)C)C1. The highest BCUT2D eigenvalue weighted by Crippen LogP contribution is 2.38. The van der Waals surface area contributed by atoms with Crippen molar-refractivity contribution in [3.05, 3.63) is 0 Å². The fourth-order valence-electron chi connectivity index (χ4n) is 2.60. The standard InChI is InChI=1S/C13H21F3N2O3/c1-8(2)12(10(19)20)4-5-18(7-12)11(21)17-9(3)6-13(14,15)16/h8-9H,4-7H2,1-3H3,(H,17,21)(H,19,20). The van der Waals surface area contributed by atoms with Gasteiger partial charge in [-0.25, -0.2) is 4.79 Å². The molecule has 8 heteroatoms. The Hall–Kier alpha value is -1.47. The minimum Gasteiger partial charge on any atom is -0.481 e. The molecule has 0 radical (unpaired) electrons. The van der Waals surface area contributed by atoms with Crippen LogP contribution < -0.4 is 5.32 Å². The van der Waals surface area contributed by atoms with Crippen LogP contribution in [0.15, 0.2) is 0 Å². The summed E-state index contributed by atoms with van der Waals surface area (Å²) in [7, 11) is 0. The van der Waals surface area contributed by atoms with Gasteiger partial charge in [0, 0.05) is 19.1 Å². The maximum Gasteiger partial charge on any atom is 0.391 e. The van der Waals surface area contributed by atoms with Crippen molar-refractivity contribution in [3.63, 3.8) is 0 Å². The Balaban J connectivity index is 2.64. The number of halogens is 3. The Bertz CT molecular complexity index is 412. The van der Waals surface area contributed by atoms with Gasteiger partial charge in [0.25, 0.3) is 0 Å². The number of amides is 2. The molecule has 2 atom stereocenters.